The highest BCUT2D eigenvalue weighted by Gasteiger charge is 2.00. The largest absolute Gasteiger partial charge is 0.445 e. The number of carbonyl (C=O) groups is 1. The Hall–Kier alpha value is -2.97. The Bertz CT molecular complexity index is 718. The molecule has 2 aromatic carbocycles. The number of amides is 1. The standard InChI is InChI=1S/C18H18N2O3/c19-17-9-8-14(11-16(17)12-21)7-4-10-20-18(22)23-13-15-5-2-1-3-6-15/h1-3,5-6,8-9,11,21H,10,12-13,19H2,(H,20,22). The van der Waals surface area contributed by atoms with E-state index in [2.05, 4.69) is 17.2 Å². The minimum absolute atomic E-state index is 0.134. The lowest BCUT2D eigenvalue weighted by molar-refractivity contribution is 0.141. The summed E-state index contributed by atoms with van der Waals surface area (Å²) in [6.45, 7) is 0.260. The molecule has 0 aliphatic heterocycles. The maximum atomic E-state index is 11.5. The first kappa shape index (κ1) is 16.4. The highest BCUT2D eigenvalue weighted by molar-refractivity contribution is 5.67. The van der Waals surface area contributed by atoms with E-state index in [0.29, 0.717) is 11.3 Å². The quantitative estimate of drug-likeness (QED) is 0.596. The summed E-state index contributed by atoms with van der Waals surface area (Å²) in [6, 6.07) is 14.6. The number of hydrogen-bond acceptors (Lipinski definition) is 4. The lowest BCUT2D eigenvalue weighted by Crippen LogP contribution is -2.24. The lowest BCUT2D eigenvalue weighted by Gasteiger charge is -2.04. The second kappa shape index (κ2) is 8.47. The molecule has 2 rings (SSSR count). The second-order valence-electron chi connectivity index (χ2n) is 4.79. The van der Waals surface area contributed by atoms with E-state index in [9.17, 15) is 4.79 Å². The van der Waals surface area contributed by atoms with Crippen molar-refractivity contribution in [1.82, 2.24) is 5.32 Å². The normalized spacial score (nSPS) is 9.61. The number of ether oxygens (including phenoxy) is 1. The molecular weight excluding hydrogens is 292 g/mol. The first-order chi connectivity index (χ1) is 11.2. The second-order valence-corrected chi connectivity index (χ2v) is 4.79. The molecule has 0 heterocycles. The molecule has 0 radical (unpaired) electrons. The summed E-state index contributed by atoms with van der Waals surface area (Å²) >= 11 is 0. The number of aliphatic hydroxyl groups excluding tert-OH is 1. The van der Waals surface area contributed by atoms with Gasteiger partial charge in [0.25, 0.3) is 0 Å². The van der Waals surface area contributed by atoms with Gasteiger partial charge in [-0.2, -0.15) is 0 Å². The summed E-state index contributed by atoms with van der Waals surface area (Å²) in [4.78, 5) is 11.5. The van der Waals surface area contributed by atoms with Crippen LogP contribution in [0.3, 0.4) is 0 Å². The van der Waals surface area contributed by atoms with Gasteiger partial charge in [0.15, 0.2) is 0 Å². The Kier molecular flexibility index (Phi) is 6.04. The number of alkyl carbamates (subject to hydrolysis) is 1. The molecule has 0 aliphatic carbocycles. The molecule has 118 valence electrons. The zero-order valence-corrected chi connectivity index (χ0v) is 12.6. The zero-order chi connectivity index (χ0) is 16.5. The van der Waals surface area contributed by atoms with Crippen LogP contribution >= 0.6 is 0 Å². The third kappa shape index (κ3) is 5.38. The number of rotatable bonds is 4. The fraction of sp³-hybridized carbons (Fsp3) is 0.167. The third-order valence-electron chi connectivity index (χ3n) is 3.08. The van der Waals surface area contributed by atoms with E-state index in [-0.39, 0.29) is 19.8 Å². The topological polar surface area (TPSA) is 84.6 Å². The van der Waals surface area contributed by atoms with E-state index in [1.807, 2.05) is 30.3 Å². The predicted molar refractivity (Wildman–Crippen MR) is 88.3 cm³/mol. The average molecular weight is 310 g/mol. The van der Waals surface area contributed by atoms with Crippen LogP contribution in [-0.4, -0.2) is 17.7 Å². The molecule has 0 fully saturated rings. The monoisotopic (exact) mass is 310 g/mol. The van der Waals surface area contributed by atoms with E-state index >= 15 is 0 Å². The number of nitrogens with one attached hydrogen (secondary N) is 1. The molecule has 0 saturated heterocycles. The maximum Gasteiger partial charge on any atom is 0.408 e. The van der Waals surface area contributed by atoms with Crippen molar-refractivity contribution in [2.75, 3.05) is 12.3 Å². The smallest absolute Gasteiger partial charge is 0.408 e. The van der Waals surface area contributed by atoms with Crippen molar-refractivity contribution in [3.8, 4) is 11.8 Å². The van der Waals surface area contributed by atoms with Crippen molar-refractivity contribution in [2.24, 2.45) is 0 Å². The van der Waals surface area contributed by atoms with Gasteiger partial charge in [-0.05, 0) is 23.8 Å². The van der Waals surface area contributed by atoms with Gasteiger partial charge in [0.1, 0.15) is 6.61 Å². The molecule has 0 saturated carbocycles. The Morgan fingerprint density at radius 2 is 2.00 bits per heavy atom. The summed E-state index contributed by atoms with van der Waals surface area (Å²) in [5, 5.41) is 11.7. The Balaban J connectivity index is 1.77. The van der Waals surface area contributed by atoms with Crippen molar-refractivity contribution in [3.63, 3.8) is 0 Å². The number of carbonyl (C=O) groups excluding carboxylic acids is 1. The molecule has 5 heteroatoms. The maximum absolute atomic E-state index is 11.5. The Morgan fingerprint density at radius 1 is 1.22 bits per heavy atom. The van der Waals surface area contributed by atoms with Crippen LogP contribution in [0.25, 0.3) is 0 Å². The first-order valence-electron chi connectivity index (χ1n) is 7.11. The van der Waals surface area contributed by atoms with Crippen LogP contribution in [0.2, 0.25) is 0 Å². The fourth-order valence-electron chi connectivity index (χ4n) is 1.86. The molecular formula is C18H18N2O3. The minimum atomic E-state index is -0.517. The molecule has 2 aromatic rings. The van der Waals surface area contributed by atoms with Crippen LogP contribution in [0.4, 0.5) is 10.5 Å². The van der Waals surface area contributed by atoms with Crippen LogP contribution in [0.1, 0.15) is 16.7 Å². The van der Waals surface area contributed by atoms with Crippen molar-refractivity contribution in [1.29, 1.82) is 0 Å². The lowest BCUT2D eigenvalue weighted by atomic mass is 10.1. The predicted octanol–water partition coefficient (Wildman–Crippen LogP) is 2.04. The van der Waals surface area contributed by atoms with E-state index in [0.717, 1.165) is 11.1 Å². The van der Waals surface area contributed by atoms with Gasteiger partial charge in [-0.1, -0.05) is 42.2 Å². The fourth-order valence-corrected chi connectivity index (χ4v) is 1.86. The Morgan fingerprint density at radius 3 is 2.74 bits per heavy atom. The minimum Gasteiger partial charge on any atom is -0.445 e. The summed E-state index contributed by atoms with van der Waals surface area (Å²) in [5.41, 5.74) is 8.50. The molecule has 0 aliphatic rings. The van der Waals surface area contributed by atoms with Crippen molar-refractivity contribution in [2.45, 2.75) is 13.2 Å². The molecule has 4 N–H and O–H groups in total. The number of hydrogen-bond donors (Lipinski definition) is 3. The summed E-state index contributed by atoms with van der Waals surface area (Å²) in [7, 11) is 0. The SMILES string of the molecule is Nc1ccc(C#CCNC(=O)OCc2ccccc2)cc1CO. The van der Waals surface area contributed by atoms with Crippen LogP contribution in [0, 0.1) is 11.8 Å². The molecule has 0 unspecified atom stereocenters. The van der Waals surface area contributed by atoms with E-state index in [4.69, 9.17) is 15.6 Å². The van der Waals surface area contributed by atoms with Crippen LogP contribution in [0.15, 0.2) is 48.5 Å². The van der Waals surface area contributed by atoms with Gasteiger partial charge in [-0.3, -0.25) is 0 Å². The van der Waals surface area contributed by atoms with Crippen molar-refractivity contribution in [3.05, 3.63) is 65.2 Å². The van der Waals surface area contributed by atoms with Crippen LogP contribution in [-0.2, 0) is 18.0 Å². The Labute approximate surface area is 135 Å². The van der Waals surface area contributed by atoms with Gasteiger partial charge in [-0.15, -0.1) is 0 Å². The molecule has 23 heavy (non-hydrogen) atoms. The number of anilines is 1. The summed E-state index contributed by atoms with van der Waals surface area (Å²) < 4.78 is 5.07. The van der Waals surface area contributed by atoms with Crippen molar-refractivity contribution >= 4 is 11.8 Å². The molecule has 0 aromatic heterocycles. The van der Waals surface area contributed by atoms with Gasteiger partial charge < -0.3 is 20.9 Å². The van der Waals surface area contributed by atoms with E-state index < -0.39 is 6.09 Å². The highest BCUT2D eigenvalue weighted by Crippen LogP contribution is 2.13. The third-order valence-corrected chi connectivity index (χ3v) is 3.08. The van der Waals surface area contributed by atoms with Crippen LogP contribution in [0.5, 0.6) is 0 Å². The van der Waals surface area contributed by atoms with Gasteiger partial charge >= 0.3 is 6.09 Å². The van der Waals surface area contributed by atoms with Gasteiger partial charge in [-0.25, -0.2) is 4.79 Å². The number of aliphatic hydroxyl groups is 1. The first-order valence-corrected chi connectivity index (χ1v) is 7.11. The zero-order valence-electron chi connectivity index (χ0n) is 12.6. The van der Waals surface area contributed by atoms with Gasteiger partial charge in [0, 0.05) is 16.8 Å². The summed E-state index contributed by atoms with van der Waals surface area (Å²) in [6.07, 6.45) is -0.517. The molecule has 0 atom stereocenters. The molecule has 0 spiro atoms. The highest BCUT2D eigenvalue weighted by atomic mass is 16.5. The van der Waals surface area contributed by atoms with Gasteiger partial charge in [0.05, 0.1) is 13.2 Å². The number of nitrogens with two attached hydrogens (primary N) is 1. The number of nitrogen functional groups attached to an aromatic ring is 1. The molecule has 1 amide bonds. The molecule has 5 nitrogen and oxygen atoms in total. The van der Waals surface area contributed by atoms with E-state index in [1.165, 1.54) is 0 Å². The van der Waals surface area contributed by atoms with E-state index in [1.54, 1.807) is 18.2 Å². The number of benzene rings is 2. The van der Waals surface area contributed by atoms with Crippen molar-refractivity contribution < 1.29 is 14.6 Å². The summed E-state index contributed by atoms with van der Waals surface area (Å²) in [5.74, 6) is 5.71. The average Bonchev–Trinajstić information content (AvgIpc) is 2.59. The van der Waals surface area contributed by atoms with Gasteiger partial charge in [0.2, 0.25) is 0 Å². The molecule has 0 bridgehead atoms. The van der Waals surface area contributed by atoms with Crippen LogP contribution < -0.4 is 11.1 Å².